The number of benzene rings is 1. The largest absolute Gasteiger partial charge is 0.333 e. The lowest BCUT2D eigenvalue weighted by Crippen LogP contribution is -2.12. The van der Waals surface area contributed by atoms with E-state index in [1.807, 2.05) is 12.3 Å². The molecule has 17 heavy (non-hydrogen) atoms. The fourth-order valence-electron chi connectivity index (χ4n) is 2.16. The van der Waals surface area contributed by atoms with Crippen LogP contribution in [0.4, 0.5) is 4.39 Å². The van der Waals surface area contributed by atoms with Gasteiger partial charge in [0.05, 0.1) is 12.2 Å². The molecule has 1 aromatic heterocycles. The van der Waals surface area contributed by atoms with Crippen molar-refractivity contribution in [3.05, 3.63) is 42.1 Å². The first-order valence-electron chi connectivity index (χ1n) is 5.86. The van der Waals surface area contributed by atoms with Crippen LogP contribution in [0.3, 0.4) is 0 Å². The molecule has 0 amide bonds. The van der Waals surface area contributed by atoms with Crippen LogP contribution in [0.5, 0.6) is 0 Å². The van der Waals surface area contributed by atoms with Gasteiger partial charge >= 0.3 is 0 Å². The highest BCUT2D eigenvalue weighted by molar-refractivity contribution is 5.59. The number of aryl methyl sites for hydroxylation is 1. The van der Waals surface area contributed by atoms with Crippen molar-refractivity contribution in [1.82, 2.24) is 14.9 Å². The molecule has 0 radical (unpaired) electrons. The Bertz CT molecular complexity index is 510. The molecule has 2 aromatic rings. The Hall–Kier alpha value is -1.68. The number of fused-ring (bicyclic) bond motifs is 1. The molecule has 0 fully saturated rings. The van der Waals surface area contributed by atoms with E-state index in [9.17, 15) is 4.39 Å². The summed E-state index contributed by atoms with van der Waals surface area (Å²) in [6.07, 6.45) is 3.03. The van der Waals surface area contributed by atoms with Crippen LogP contribution in [0, 0.1) is 5.82 Å². The Morgan fingerprint density at radius 1 is 1.29 bits per heavy atom. The molecule has 88 valence electrons. The van der Waals surface area contributed by atoms with Crippen molar-refractivity contribution >= 4 is 0 Å². The normalized spacial score (nSPS) is 15.4. The number of imidazole rings is 1. The molecule has 0 atom stereocenters. The van der Waals surface area contributed by atoms with E-state index in [4.69, 9.17) is 0 Å². The first kappa shape index (κ1) is 10.5. The smallest absolute Gasteiger partial charge is 0.132 e. The lowest BCUT2D eigenvalue weighted by Gasteiger charge is -1.99. The molecule has 2 heterocycles. The Morgan fingerprint density at radius 3 is 3.06 bits per heavy atom. The molecule has 0 unspecified atom stereocenters. The van der Waals surface area contributed by atoms with Crippen molar-refractivity contribution in [3.8, 4) is 11.3 Å². The van der Waals surface area contributed by atoms with Crippen LogP contribution in [-0.4, -0.2) is 16.1 Å². The van der Waals surface area contributed by atoms with Gasteiger partial charge < -0.3 is 9.88 Å². The highest BCUT2D eigenvalue weighted by atomic mass is 19.1. The van der Waals surface area contributed by atoms with Gasteiger partial charge in [0, 0.05) is 18.3 Å². The second-order valence-electron chi connectivity index (χ2n) is 4.25. The zero-order valence-corrected chi connectivity index (χ0v) is 9.49. The van der Waals surface area contributed by atoms with Crippen molar-refractivity contribution < 1.29 is 4.39 Å². The molecule has 1 N–H and O–H groups in total. The predicted molar refractivity (Wildman–Crippen MR) is 63.9 cm³/mol. The van der Waals surface area contributed by atoms with Crippen LogP contribution in [0.15, 0.2) is 30.5 Å². The molecule has 4 heteroatoms. The van der Waals surface area contributed by atoms with Gasteiger partial charge in [-0.15, -0.1) is 0 Å². The number of nitrogens with one attached hydrogen (secondary N) is 1. The maximum atomic E-state index is 13.7. The third kappa shape index (κ3) is 1.96. The number of nitrogens with zero attached hydrogens (tertiary/aromatic N) is 2. The van der Waals surface area contributed by atoms with E-state index >= 15 is 0 Å². The first-order valence-corrected chi connectivity index (χ1v) is 5.86. The van der Waals surface area contributed by atoms with Crippen LogP contribution in [0.25, 0.3) is 11.3 Å². The highest BCUT2D eigenvalue weighted by Crippen LogP contribution is 2.22. The minimum Gasteiger partial charge on any atom is -0.333 e. The van der Waals surface area contributed by atoms with Crippen LogP contribution in [-0.2, 0) is 13.1 Å². The highest BCUT2D eigenvalue weighted by Gasteiger charge is 2.13. The zero-order valence-electron chi connectivity index (χ0n) is 9.49. The van der Waals surface area contributed by atoms with Crippen molar-refractivity contribution in [3.63, 3.8) is 0 Å². The molecule has 0 saturated carbocycles. The van der Waals surface area contributed by atoms with Gasteiger partial charge in [0.2, 0.25) is 0 Å². The maximum absolute atomic E-state index is 13.7. The van der Waals surface area contributed by atoms with Gasteiger partial charge in [-0.1, -0.05) is 12.1 Å². The van der Waals surface area contributed by atoms with Gasteiger partial charge in [-0.25, -0.2) is 9.37 Å². The average molecular weight is 231 g/mol. The van der Waals surface area contributed by atoms with E-state index in [1.54, 1.807) is 12.1 Å². The summed E-state index contributed by atoms with van der Waals surface area (Å²) in [5.41, 5.74) is 1.30. The van der Waals surface area contributed by atoms with Gasteiger partial charge in [0.15, 0.2) is 0 Å². The van der Waals surface area contributed by atoms with E-state index in [0.717, 1.165) is 37.6 Å². The number of aromatic nitrogens is 2. The lowest BCUT2D eigenvalue weighted by molar-refractivity contribution is 0.630. The molecule has 1 aliphatic rings. The van der Waals surface area contributed by atoms with Crippen molar-refractivity contribution in [2.75, 3.05) is 6.54 Å². The summed E-state index contributed by atoms with van der Waals surface area (Å²) in [6.45, 7) is 2.72. The third-order valence-corrected chi connectivity index (χ3v) is 3.04. The number of hydrogen-bond acceptors (Lipinski definition) is 2. The number of halogens is 1. The van der Waals surface area contributed by atoms with Crippen molar-refractivity contribution in [1.29, 1.82) is 0 Å². The summed E-state index contributed by atoms with van der Waals surface area (Å²) in [4.78, 5) is 4.50. The molecule has 0 aliphatic carbocycles. The van der Waals surface area contributed by atoms with Gasteiger partial charge in [0.25, 0.3) is 0 Å². The first-order chi connectivity index (χ1) is 8.34. The molecule has 0 spiro atoms. The van der Waals surface area contributed by atoms with Crippen molar-refractivity contribution in [2.45, 2.75) is 19.5 Å². The molecule has 1 aliphatic heterocycles. The topological polar surface area (TPSA) is 29.9 Å². The Labute approximate surface area is 99.3 Å². The van der Waals surface area contributed by atoms with E-state index in [0.29, 0.717) is 5.56 Å². The van der Waals surface area contributed by atoms with E-state index in [2.05, 4.69) is 14.9 Å². The van der Waals surface area contributed by atoms with Gasteiger partial charge in [-0.05, 0) is 25.1 Å². The predicted octanol–water partition coefficient (Wildman–Crippen LogP) is 2.18. The van der Waals surface area contributed by atoms with Crippen LogP contribution < -0.4 is 5.32 Å². The zero-order chi connectivity index (χ0) is 11.7. The second kappa shape index (κ2) is 4.30. The monoisotopic (exact) mass is 231 g/mol. The van der Waals surface area contributed by atoms with Gasteiger partial charge in [0.1, 0.15) is 11.6 Å². The maximum Gasteiger partial charge on any atom is 0.132 e. The molecule has 3 rings (SSSR count). The molecule has 0 saturated heterocycles. The summed E-state index contributed by atoms with van der Waals surface area (Å²) < 4.78 is 15.8. The standard InChI is InChI=1S/C13H14FN3/c14-11-5-2-1-4-10(11)12-9-17-7-3-6-15-8-13(17)16-12/h1-2,4-5,9,15H,3,6-8H2. The summed E-state index contributed by atoms with van der Waals surface area (Å²) >= 11 is 0. The summed E-state index contributed by atoms with van der Waals surface area (Å²) in [7, 11) is 0. The SMILES string of the molecule is Fc1ccccc1-c1cn2c(n1)CNCCC2. The van der Waals surface area contributed by atoms with Crippen molar-refractivity contribution in [2.24, 2.45) is 0 Å². The molecular formula is C13H14FN3. The van der Waals surface area contributed by atoms with E-state index in [-0.39, 0.29) is 5.82 Å². The van der Waals surface area contributed by atoms with E-state index < -0.39 is 0 Å². The minimum absolute atomic E-state index is 0.214. The fraction of sp³-hybridized carbons (Fsp3) is 0.308. The lowest BCUT2D eigenvalue weighted by atomic mass is 10.1. The Balaban J connectivity index is 2.02. The molecule has 3 nitrogen and oxygen atoms in total. The number of hydrogen-bond donors (Lipinski definition) is 1. The summed E-state index contributed by atoms with van der Waals surface area (Å²) in [5.74, 6) is 0.773. The quantitative estimate of drug-likeness (QED) is 0.815. The average Bonchev–Trinajstić information content (AvgIpc) is 2.61. The van der Waals surface area contributed by atoms with E-state index in [1.165, 1.54) is 6.07 Å². The molecule has 0 bridgehead atoms. The Kier molecular flexibility index (Phi) is 2.65. The number of rotatable bonds is 1. The fourth-order valence-corrected chi connectivity index (χ4v) is 2.16. The van der Waals surface area contributed by atoms with Crippen LogP contribution in [0.2, 0.25) is 0 Å². The third-order valence-electron chi connectivity index (χ3n) is 3.04. The summed E-state index contributed by atoms with van der Waals surface area (Å²) in [6, 6.07) is 6.77. The van der Waals surface area contributed by atoms with Crippen LogP contribution in [0.1, 0.15) is 12.2 Å². The van der Waals surface area contributed by atoms with Gasteiger partial charge in [-0.2, -0.15) is 0 Å². The minimum atomic E-state index is -0.214. The van der Waals surface area contributed by atoms with Gasteiger partial charge in [-0.3, -0.25) is 0 Å². The second-order valence-corrected chi connectivity index (χ2v) is 4.25. The Morgan fingerprint density at radius 2 is 2.18 bits per heavy atom. The van der Waals surface area contributed by atoms with Crippen LogP contribution >= 0.6 is 0 Å². The molecular weight excluding hydrogens is 217 g/mol. The summed E-state index contributed by atoms with van der Waals surface area (Å²) in [5, 5.41) is 3.31. The molecule has 1 aromatic carbocycles.